The van der Waals surface area contributed by atoms with Crippen LogP contribution in [0.3, 0.4) is 0 Å². The van der Waals surface area contributed by atoms with Gasteiger partial charge in [0.2, 0.25) is 5.91 Å². The maximum absolute atomic E-state index is 13.3. The van der Waals surface area contributed by atoms with Crippen LogP contribution >= 0.6 is 22.9 Å². The lowest BCUT2D eigenvalue weighted by molar-refractivity contribution is -0.115. The standard InChI is InChI=1S/C21H17ClFN3O3S/c1-12-9-18(26-20(28)13-3-2-4-15(23)10-13)30-19(12)21(29)24-11-17(27)25-16-7-5-14(22)6-8-16/h2-10H,11H2,1H3,(H,24,29)(H,25,27)(H,26,28). The summed E-state index contributed by atoms with van der Waals surface area (Å²) in [5.41, 5.74) is 1.38. The summed E-state index contributed by atoms with van der Waals surface area (Å²) >= 11 is 6.87. The van der Waals surface area contributed by atoms with Crippen molar-refractivity contribution < 1.29 is 18.8 Å². The second-order valence-corrected chi connectivity index (χ2v) is 7.81. The van der Waals surface area contributed by atoms with Gasteiger partial charge in [-0.15, -0.1) is 11.3 Å². The number of carbonyl (C=O) groups excluding carboxylic acids is 3. The molecule has 0 bridgehead atoms. The molecule has 0 atom stereocenters. The molecule has 30 heavy (non-hydrogen) atoms. The first-order valence-electron chi connectivity index (χ1n) is 8.83. The van der Waals surface area contributed by atoms with Gasteiger partial charge in [0.15, 0.2) is 0 Å². The minimum atomic E-state index is -0.512. The largest absolute Gasteiger partial charge is 0.342 e. The normalized spacial score (nSPS) is 10.4. The van der Waals surface area contributed by atoms with Gasteiger partial charge < -0.3 is 16.0 Å². The van der Waals surface area contributed by atoms with E-state index in [4.69, 9.17) is 11.6 Å². The van der Waals surface area contributed by atoms with Crippen LogP contribution in [0.1, 0.15) is 25.6 Å². The van der Waals surface area contributed by atoms with E-state index >= 15 is 0 Å². The molecule has 0 aliphatic rings. The van der Waals surface area contributed by atoms with Gasteiger partial charge in [0.05, 0.1) is 16.4 Å². The number of hydrogen-bond donors (Lipinski definition) is 3. The van der Waals surface area contributed by atoms with E-state index in [1.807, 2.05) is 0 Å². The SMILES string of the molecule is Cc1cc(NC(=O)c2cccc(F)c2)sc1C(=O)NCC(=O)Nc1ccc(Cl)cc1. The molecule has 0 spiro atoms. The summed E-state index contributed by atoms with van der Waals surface area (Å²) in [6, 6.07) is 13.5. The van der Waals surface area contributed by atoms with Crippen molar-refractivity contribution in [3.8, 4) is 0 Å². The summed E-state index contributed by atoms with van der Waals surface area (Å²) in [4.78, 5) is 37.0. The number of rotatable bonds is 6. The summed E-state index contributed by atoms with van der Waals surface area (Å²) in [6.45, 7) is 1.50. The van der Waals surface area contributed by atoms with E-state index in [1.54, 1.807) is 37.3 Å². The van der Waals surface area contributed by atoms with E-state index in [9.17, 15) is 18.8 Å². The Balaban J connectivity index is 1.57. The number of amides is 3. The van der Waals surface area contributed by atoms with E-state index in [-0.39, 0.29) is 18.0 Å². The van der Waals surface area contributed by atoms with Crippen LogP contribution in [-0.2, 0) is 4.79 Å². The second-order valence-electron chi connectivity index (χ2n) is 6.33. The zero-order valence-electron chi connectivity index (χ0n) is 15.8. The number of thiophene rings is 1. The lowest BCUT2D eigenvalue weighted by atomic mass is 10.2. The van der Waals surface area contributed by atoms with Gasteiger partial charge in [0.1, 0.15) is 5.82 Å². The predicted octanol–water partition coefficient (Wildman–Crippen LogP) is 4.47. The van der Waals surface area contributed by atoms with Crippen molar-refractivity contribution in [2.24, 2.45) is 0 Å². The number of nitrogens with one attached hydrogen (secondary N) is 3. The van der Waals surface area contributed by atoms with Crippen molar-refractivity contribution in [2.45, 2.75) is 6.92 Å². The summed E-state index contributed by atoms with van der Waals surface area (Å²) in [5, 5.41) is 8.84. The topological polar surface area (TPSA) is 87.3 Å². The number of benzene rings is 2. The highest BCUT2D eigenvalue weighted by Crippen LogP contribution is 2.27. The number of hydrogen-bond acceptors (Lipinski definition) is 4. The van der Waals surface area contributed by atoms with Crippen molar-refractivity contribution in [1.29, 1.82) is 0 Å². The van der Waals surface area contributed by atoms with Gasteiger partial charge in [-0.2, -0.15) is 0 Å². The van der Waals surface area contributed by atoms with Crippen molar-refractivity contribution in [2.75, 3.05) is 17.2 Å². The molecule has 0 aliphatic heterocycles. The average molecular weight is 446 g/mol. The lowest BCUT2D eigenvalue weighted by Crippen LogP contribution is -2.32. The monoisotopic (exact) mass is 445 g/mol. The van der Waals surface area contributed by atoms with Gasteiger partial charge in [-0.05, 0) is 61.0 Å². The molecule has 0 aliphatic carbocycles. The molecule has 0 saturated heterocycles. The quantitative estimate of drug-likeness (QED) is 0.523. The molecule has 154 valence electrons. The third-order valence-corrected chi connectivity index (χ3v) is 5.39. The molecule has 1 aromatic heterocycles. The maximum Gasteiger partial charge on any atom is 0.262 e. The molecule has 0 saturated carbocycles. The van der Waals surface area contributed by atoms with Crippen LogP contribution < -0.4 is 16.0 Å². The minimum Gasteiger partial charge on any atom is -0.342 e. The predicted molar refractivity (Wildman–Crippen MR) is 116 cm³/mol. The highest BCUT2D eigenvalue weighted by Gasteiger charge is 2.16. The maximum atomic E-state index is 13.3. The van der Waals surface area contributed by atoms with E-state index in [1.165, 1.54) is 18.2 Å². The fourth-order valence-electron chi connectivity index (χ4n) is 2.56. The molecule has 0 radical (unpaired) electrons. The first-order chi connectivity index (χ1) is 14.3. The zero-order chi connectivity index (χ0) is 21.7. The van der Waals surface area contributed by atoms with Crippen LogP contribution in [0.25, 0.3) is 0 Å². The van der Waals surface area contributed by atoms with Crippen LogP contribution in [0.2, 0.25) is 5.02 Å². The van der Waals surface area contributed by atoms with Crippen LogP contribution in [0.5, 0.6) is 0 Å². The number of halogens is 2. The van der Waals surface area contributed by atoms with E-state index < -0.39 is 17.6 Å². The Morgan fingerprint density at radius 1 is 1.00 bits per heavy atom. The van der Waals surface area contributed by atoms with Gasteiger partial charge in [0.25, 0.3) is 11.8 Å². The first-order valence-corrected chi connectivity index (χ1v) is 10.0. The molecule has 3 N–H and O–H groups in total. The third-order valence-electron chi connectivity index (χ3n) is 3.99. The Labute approximate surface area is 181 Å². The molecular weight excluding hydrogens is 429 g/mol. The number of anilines is 2. The smallest absolute Gasteiger partial charge is 0.262 e. The van der Waals surface area contributed by atoms with E-state index in [0.717, 1.165) is 17.4 Å². The molecule has 1 heterocycles. The Bertz CT molecular complexity index is 1100. The fraction of sp³-hybridized carbons (Fsp3) is 0.0952. The molecule has 6 nitrogen and oxygen atoms in total. The molecule has 3 amide bonds. The third kappa shape index (κ3) is 5.65. The fourth-order valence-corrected chi connectivity index (χ4v) is 3.67. The minimum absolute atomic E-state index is 0.172. The van der Waals surface area contributed by atoms with Crippen molar-refractivity contribution >= 4 is 51.3 Å². The average Bonchev–Trinajstić information content (AvgIpc) is 3.08. The molecule has 2 aromatic carbocycles. The Morgan fingerprint density at radius 3 is 2.43 bits per heavy atom. The van der Waals surface area contributed by atoms with E-state index in [2.05, 4.69) is 16.0 Å². The molecule has 0 unspecified atom stereocenters. The van der Waals surface area contributed by atoms with Gasteiger partial charge in [-0.3, -0.25) is 14.4 Å². The second kappa shape index (κ2) is 9.51. The van der Waals surface area contributed by atoms with Gasteiger partial charge >= 0.3 is 0 Å². The summed E-state index contributed by atoms with van der Waals surface area (Å²) in [5.74, 6) is -1.82. The van der Waals surface area contributed by atoms with Crippen LogP contribution in [0.4, 0.5) is 15.1 Å². The van der Waals surface area contributed by atoms with Crippen molar-refractivity contribution in [3.05, 3.63) is 81.4 Å². The molecular formula is C21H17ClFN3O3S. The Hall–Kier alpha value is -3.23. The number of aryl methyl sites for hydroxylation is 1. The van der Waals surface area contributed by atoms with Gasteiger partial charge in [0, 0.05) is 16.3 Å². The highest BCUT2D eigenvalue weighted by molar-refractivity contribution is 7.18. The number of carbonyl (C=O) groups is 3. The lowest BCUT2D eigenvalue weighted by Gasteiger charge is -2.07. The Kier molecular flexibility index (Phi) is 6.81. The molecule has 0 fully saturated rings. The summed E-state index contributed by atoms with van der Waals surface area (Å²) in [6.07, 6.45) is 0. The molecule has 3 rings (SSSR count). The first kappa shape index (κ1) is 21.5. The Morgan fingerprint density at radius 2 is 1.73 bits per heavy atom. The van der Waals surface area contributed by atoms with Crippen molar-refractivity contribution in [3.63, 3.8) is 0 Å². The van der Waals surface area contributed by atoms with Crippen LogP contribution in [-0.4, -0.2) is 24.3 Å². The van der Waals surface area contributed by atoms with Crippen LogP contribution in [0.15, 0.2) is 54.6 Å². The molecule has 9 heteroatoms. The molecule has 3 aromatic rings. The van der Waals surface area contributed by atoms with E-state index in [0.29, 0.717) is 26.2 Å². The van der Waals surface area contributed by atoms with Crippen molar-refractivity contribution in [1.82, 2.24) is 5.32 Å². The summed E-state index contributed by atoms with van der Waals surface area (Å²) in [7, 11) is 0. The van der Waals surface area contributed by atoms with Gasteiger partial charge in [-0.1, -0.05) is 17.7 Å². The van der Waals surface area contributed by atoms with Gasteiger partial charge in [-0.25, -0.2) is 4.39 Å². The van der Waals surface area contributed by atoms with Crippen LogP contribution in [0, 0.1) is 12.7 Å². The summed E-state index contributed by atoms with van der Waals surface area (Å²) < 4.78 is 13.3. The highest BCUT2D eigenvalue weighted by atomic mass is 35.5. The zero-order valence-corrected chi connectivity index (χ0v) is 17.4.